The number of benzene rings is 1. The zero-order chi connectivity index (χ0) is 14.0. The summed E-state index contributed by atoms with van der Waals surface area (Å²) in [4.78, 5) is 8.80. The molecule has 0 amide bonds. The van der Waals surface area contributed by atoms with Gasteiger partial charge in [0.2, 0.25) is 0 Å². The van der Waals surface area contributed by atoms with Crippen LogP contribution in [0.2, 0.25) is 0 Å². The molecule has 0 saturated heterocycles. The smallest absolute Gasteiger partial charge is 0.191 e. The lowest BCUT2D eigenvalue weighted by atomic mass is 10.0. The van der Waals surface area contributed by atoms with Crippen molar-refractivity contribution in [3.05, 3.63) is 34.9 Å². The van der Waals surface area contributed by atoms with E-state index in [9.17, 15) is 0 Å². The van der Waals surface area contributed by atoms with Gasteiger partial charge in [0.15, 0.2) is 5.96 Å². The minimum atomic E-state index is 0.290. The van der Waals surface area contributed by atoms with Crippen LogP contribution in [0.1, 0.15) is 22.7 Å². The highest BCUT2D eigenvalue weighted by molar-refractivity contribution is 5.80. The second-order valence-corrected chi connectivity index (χ2v) is 5.63. The summed E-state index contributed by atoms with van der Waals surface area (Å²) in [6, 6.07) is 6.98. The number of hydrogen-bond acceptors (Lipinski definition) is 4. The molecule has 19 heavy (non-hydrogen) atoms. The molecule has 1 aliphatic heterocycles. The van der Waals surface area contributed by atoms with Gasteiger partial charge < -0.3 is 15.5 Å². The van der Waals surface area contributed by atoms with Crippen LogP contribution in [0.5, 0.6) is 0 Å². The number of nitrogens with zero attached hydrogens (tertiary/aromatic N) is 3. The standard InChI is InChI=1S/C15H24N4/c1-11-7-12(2)9-13(8-11)14-10-17-15(16)19(14)6-5-18(3)4/h7-9,14H,5-6,10H2,1-4H3,(H2,16,17). The Morgan fingerprint density at radius 3 is 2.47 bits per heavy atom. The van der Waals surface area contributed by atoms with Crippen molar-refractivity contribution in [3.63, 3.8) is 0 Å². The van der Waals surface area contributed by atoms with Crippen molar-refractivity contribution < 1.29 is 0 Å². The fraction of sp³-hybridized carbons (Fsp3) is 0.533. The van der Waals surface area contributed by atoms with E-state index >= 15 is 0 Å². The summed E-state index contributed by atoms with van der Waals surface area (Å²) >= 11 is 0. The maximum absolute atomic E-state index is 6.03. The van der Waals surface area contributed by atoms with Gasteiger partial charge in [0.1, 0.15) is 0 Å². The number of aliphatic imine (C=N–C) groups is 1. The molecule has 0 fully saturated rings. The van der Waals surface area contributed by atoms with Crippen LogP contribution in [-0.4, -0.2) is 49.5 Å². The summed E-state index contributed by atoms with van der Waals surface area (Å²) in [5, 5.41) is 0. The van der Waals surface area contributed by atoms with Crippen LogP contribution < -0.4 is 5.73 Å². The molecule has 0 bridgehead atoms. The molecule has 0 saturated carbocycles. The zero-order valence-corrected chi connectivity index (χ0v) is 12.3. The minimum absolute atomic E-state index is 0.290. The summed E-state index contributed by atoms with van der Waals surface area (Å²) in [5.74, 6) is 0.672. The van der Waals surface area contributed by atoms with E-state index in [4.69, 9.17) is 5.73 Å². The average molecular weight is 260 g/mol. The highest BCUT2D eigenvalue weighted by atomic mass is 15.3. The summed E-state index contributed by atoms with van der Waals surface area (Å²) in [5.41, 5.74) is 9.94. The van der Waals surface area contributed by atoms with E-state index in [0.29, 0.717) is 12.0 Å². The number of nitrogens with two attached hydrogens (primary N) is 1. The van der Waals surface area contributed by atoms with Gasteiger partial charge in [-0.05, 0) is 33.5 Å². The molecule has 2 N–H and O–H groups in total. The summed E-state index contributed by atoms with van der Waals surface area (Å²) in [6.45, 7) is 6.94. The highest BCUT2D eigenvalue weighted by Gasteiger charge is 2.27. The molecule has 4 heteroatoms. The molecule has 0 spiro atoms. The largest absolute Gasteiger partial charge is 0.370 e. The zero-order valence-electron chi connectivity index (χ0n) is 12.3. The summed E-state index contributed by atoms with van der Waals surface area (Å²) in [6.07, 6.45) is 0. The molecule has 0 aliphatic carbocycles. The third kappa shape index (κ3) is 3.26. The van der Waals surface area contributed by atoms with Crippen LogP contribution in [0, 0.1) is 13.8 Å². The van der Waals surface area contributed by atoms with Crippen LogP contribution in [0.3, 0.4) is 0 Å². The lowest BCUT2D eigenvalue weighted by molar-refractivity contribution is 0.293. The van der Waals surface area contributed by atoms with Gasteiger partial charge in [-0.1, -0.05) is 29.3 Å². The van der Waals surface area contributed by atoms with E-state index < -0.39 is 0 Å². The first kappa shape index (κ1) is 13.9. The van der Waals surface area contributed by atoms with Crippen LogP contribution in [-0.2, 0) is 0 Å². The van der Waals surface area contributed by atoms with Crippen molar-refractivity contribution in [2.75, 3.05) is 33.7 Å². The van der Waals surface area contributed by atoms with Gasteiger partial charge in [-0.25, -0.2) is 0 Å². The Morgan fingerprint density at radius 2 is 1.89 bits per heavy atom. The van der Waals surface area contributed by atoms with Crippen LogP contribution in [0.25, 0.3) is 0 Å². The molecular weight excluding hydrogens is 236 g/mol. The Hall–Kier alpha value is -1.55. The first-order valence-corrected chi connectivity index (χ1v) is 6.77. The second kappa shape index (κ2) is 5.61. The van der Waals surface area contributed by atoms with E-state index in [1.165, 1.54) is 16.7 Å². The first-order valence-electron chi connectivity index (χ1n) is 6.77. The number of rotatable bonds is 4. The Balaban J connectivity index is 2.18. The molecule has 1 aromatic rings. The van der Waals surface area contributed by atoms with Crippen molar-refractivity contribution in [3.8, 4) is 0 Å². The van der Waals surface area contributed by atoms with Crippen LogP contribution in [0.15, 0.2) is 23.2 Å². The van der Waals surface area contributed by atoms with E-state index in [1.807, 2.05) is 0 Å². The van der Waals surface area contributed by atoms with Gasteiger partial charge in [-0.15, -0.1) is 0 Å². The Labute approximate surface area is 115 Å². The van der Waals surface area contributed by atoms with E-state index in [-0.39, 0.29) is 0 Å². The van der Waals surface area contributed by atoms with E-state index in [2.05, 4.69) is 60.9 Å². The van der Waals surface area contributed by atoms with E-state index in [0.717, 1.165) is 19.6 Å². The van der Waals surface area contributed by atoms with Crippen molar-refractivity contribution in [1.29, 1.82) is 0 Å². The summed E-state index contributed by atoms with van der Waals surface area (Å²) in [7, 11) is 4.16. The van der Waals surface area contributed by atoms with Gasteiger partial charge in [0, 0.05) is 13.1 Å². The Kier molecular flexibility index (Phi) is 4.10. The topological polar surface area (TPSA) is 44.9 Å². The molecule has 0 aromatic heterocycles. The van der Waals surface area contributed by atoms with Crippen molar-refractivity contribution in [2.24, 2.45) is 10.7 Å². The monoisotopic (exact) mass is 260 g/mol. The average Bonchev–Trinajstić information content (AvgIpc) is 2.66. The van der Waals surface area contributed by atoms with Crippen molar-refractivity contribution >= 4 is 5.96 Å². The van der Waals surface area contributed by atoms with Gasteiger partial charge in [-0.3, -0.25) is 4.99 Å². The molecule has 2 rings (SSSR count). The lowest BCUT2D eigenvalue weighted by Crippen LogP contribution is -2.40. The van der Waals surface area contributed by atoms with Gasteiger partial charge >= 0.3 is 0 Å². The number of likely N-dealkylation sites (N-methyl/N-ethyl adjacent to an activating group) is 1. The van der Waals surface area contributed by atoms with Gasteiger partial charge in [-0.2, -0.15) is 0 Å². The Bertz CT molecular complexity index is 459. The summed E-state index contributed by atoms with van der Waals surface area (Å²) < 4.78 is 0. The molecule has 1 atom stereocenters. The molecule has 4 nitrogen and oxygen atoms in total. The Morgan fingerprint density at radius 1 is 1.26 bits per heavy atom. The number of hydrogen-bond donors (Lipinski definition) is 1. The molecule has 0 radical (unpaired) electrons. The van der Waals surface area contributed by atoms with Crippen LogP contribution in [0.4, 0.5) is 0 Å². The third-order valence-electron chi connectivity index (χ3n) is 3.51. The number of aryl methyl sites for hydroxylation is 2. The van der Waals surface area contributed by atoms with Gasteiger partial charge in [0.05, 0.1) is 12.6 Å². The molecule has 1 aliphatic rings. The lowest BCUT2D eigenvalue weighted by Gasteiger charge is -2.28. The SMILES string of the molecule is Cc1cc(C)cc(C2CN=C(N)N2CCN(C)C)c1. The molecule has 1 unspecified atom stereocenters. The predicted octanol–water partition coefficient (Wildman–Crippen LogP) is 1.54. The maximum Gasteiger partial charge on any atom is 0.191 e. The molecular formula is C15H24N4. The minimum Gasteiger partial charge on any atom is -0.370 e. The van der Waals surface area contributed by atoms with Crippen molar-refractivity contribution in [1.82, 2.24) is 9.80 Å². The number of guanidine groups is 1. The molecule has 1 heterocycles. The van der Waals surface area contributed by atoms with Gasteiger partial charge in [0.25, 0.3) is 0 Å². The van der Waals surface area contributed by atoms with Crippen molar-refractivity contribution in [2.45, 2.75) is 19.9 Å². The quantitative estimate of drug-likeness (QED) is 0.893. The fourth-order valence-electron chi connectivity index (χ4n) is 2.59. The van der Waals surface area contributed by atoms with Crippen LogP contribution >= 0.6 is 0 Å². The van der Waals surface area contributed by atoms with E-state index in [1.54, 1.807) is 0 Å². The maximum atomic E-state index is 6.03. The molecule has 1 aromatic carbocycles. The highest BCUT2D eigenvalue weighted by Crippen LogP contribution is 2.26. The normalized spacial score (nSPS) is 19.1. The predicted molar refractivity (Wildman–Crippen MR) is 80.4 cm³/mol. The fourth-order valence-corrected chi connectivity index (χ4v) is 2.59. The molecule has 104 valence electrons. The third-order valence-corrected chi connectivity index (χ3v) is 3.51. The first-order chi connectivity index (χ1) is 8.97. The second-order valence-electron chi connectivity index (χ2n) is 5.63.